The number of carbonyl (C=O) groups excluding carboxylic acids is 2. The molecule has 0 bridgehead atoms. The molecule has 1 atom stereocenters. The molecule has 0 spiro atoms. The highest BCUT2D eigenvalue weighted by atomic mass is 19.1. The van der Waals surface area contributed by atoms with Crippen LogP contribution in [0.15, 0.2) is 41.0 Å². The van der Waals surface area contributed by atoms with Gasteiger partial charge in [-0.1, -0.05) is 12.1 Å². The van der Waals surface area contributed by atoms with Crippen molar-refractivity contribution in [2.45, 2.75) is 19.8 Å². The number of halogens is 1. The average Bonchev–Trinajstić information content (AvgIpc) is 3.19. The number of likely N-dealkylation sites (tertiary alicyclic amines) is 1. The molecule has 7 heteroatoms. The van der Waals surface area contributed by atoms with Gasteiger partial charge in [-0.3, -0.25) is 9.59 Å². The number of para-hydroxylation sites is 1. The van der Waals surface area contributed by atoms with Gasteiger partial charge in [0.25, 0.3) is 5.91 Å². The van der Waals surface area contributed by atoms with Crippen LogP contribution in [0, 0.1) is 18.7 Å². The molecule has 6 nitrogen and oxygen atoms in total. The third-order valence-corrected chi connectivity index (χ3v) is 5.93. The van der Waals surface area contributed by atoms with E-state index in [9.17, 15) is 14.0 Å². The lowest BCUT2D eigenvalue weighted by atomic mass is 9.95. The second kappa shape index (κ2) is 8.27. The number of benzene rings is 1. The molecule has 154 valence electrons. The predicted molar refractivity (Wildman–Crippen MR) is 107 cm³/mol. The molecule has 4 rings (SSSR count). The summed E-state index contributed by atoms with van der Waals surface area (Å²) >= 11 is 0. The summed E-state index contributed by atoms with van der Waals surface area (Å²) in [5.41, 5.74) is 1.15. The largest absolute Gasteiger partial charge is 0.469 e. The molecule has 0 aliphatic carbocycles. The molecule has 1 unspecified atom stereocenters. The summed E-state index contributed by atoms with van der Waals surface area (Å²) < 4.78 is 19.3. The molecule has 0 radical (unpaired) electrons. The number of piperidine rings is 1. The van der Waals surface area contributed by atoms with Gasteiger partial charge in [-0.2, -0.15) is 0 Å². The van der Waals surface area contributed by atoms with E-state index in [4.69, 9.17) is 4.42 Å². The molecule has 2 aliphatic rings. The molecule has 1 aromatic carbocycles. The van der Waals surface area contributed by atoms with E-state index < -0.39 is 0 Å². The lowest BCUT2D eigenvalue weighted by Gasteiger charge is -2.39. The molecule has 0 N–H and O–H groups in total. The number of hydrogen-bond acceptors (Lipinski definition) is 4. The van der Waals surface area contributed by atoms with Crippen LogP contribution >= 0.6 is 0 Å². The monoisotopic (exact) mass is 399 g/mol. The Hall–Kier alpha value is -2.83. The van der Waals surface area contributed by atoms with Crippen molar-refractivity contribution in [1.29, 1.82) is 0 Å². The van der Waals surface area contributed by atoms with Gasteiger partial charge in [0.2, 0.25) is 5.91 Å². The molecule has 2 saturated heterocycles. The Morgan fingerprint density at radius 3 is 2.48 bits per heavy atom. The number of nitrogens with zero attached hydrogens (tertiary/aromatic N) is 3. The molecular weight excluding hydrogens is 373 g/mol. The van der Waals surface area contributed by atoms with Gasteiger partial charge in [-0.15, -0.1) is 0 Å². The van der Waals surface area contributed by atoms with E-state index in [1.54, 1.807) is 30.0 Å². The molecule has 2 aromatic rings. The maximum atomic E-state index is 14.0. The number of furan rings is 1. The number of piperazine rings is 1. The molecule has 2 fully saturated rings. The van der Waals surface area contributed by atoms with Gasteiger partial charge in [-0.25, -0.2) is 4.39 Å². The first-order valence-electron chi connectivity index (χ1n) is 10.2. The maximum Gasteiger partial charge on any atom is 0.257 e. The van der Waals surface area contributed by atoms with E-state index in [0.717, 1.165) is 12.8 Å². The van der Waals surface area contributed by atoms with Crippen molar-refractivity contribution in [3.63, 3.8) is 0 Å². The topological polar surface area (TPSA) is 57.0 Å². The van der Waals surface area contributed by atoms with Crippen LogP contribution in [0.3, 0.4) is 0 Å². The highest BCUT2D eigenvalue weighted by Gasteiger charge is 2.33. The number of anilines is 1. The van der Waals surface area contributed by atoms with Crippen LogP contribution in [0.25, 0.3) is 0 Å². The number of aryl methyl sites for hydroxylation is 1. The Morgan fingerprint density at radius 2 is 1.79 bits per heavy atom. The van der Waals surface area contributed by atoms with Crippen LogP contribution in [0.4, 0.5) is 10.1 Å². The minimum atomic E-state index is -0.233. The van der Waals surface area contributed by atoms with Crippen molar-refractivity contribution in [2.75, 3.05) is 44.2 Å². The Kier molecular flexibility index (Phi) is 5.56. The van der Waals surface area contributed by atoms with E-state index in [2.05, 4.69) is 0 Å². The maximum absolute atomic E-state index is 14.0. The zero-order valence-electron chi connectivity index (χ0n) is 16.6. The zero-order valence-corrected chi connectivity index (χ0v) is 16.6. The lowest BCUT2D eigenvalue weighted by Crippen LogP contribution is -2.53. The normalized spacial score (nSPS) is 20.1. The predicted octanol–water partition coefficient (Wildman–Crippen LogP) is 2.93. The minimum absolute atomic E-state index is 0.0712. The number of carbonyl (C=O) groups is 2. The summed E-state index contributed by atoms with van der Waals surface area (Å²) in [6.45, 7) is 5.22. The summed E-state index contributed by atoms with van der Waals surface area (Å²) in [4.78, 5) is 31.4. The Bertz CT molecular complexity index is 889. The first kappa shape index (κ1) is 19.5. The fourth-order valence-corrected chi connectivity index (χ4v) is 4.27. The van der Waals surface area contributed by atoms with Crippen molar-refractivity contribution in [2.24, 2.45) is 5.92 Å². The standard InChI is InChI=1S/C22H26FN3O3/c1-16-18(8-14-29-16)22(28)26-9-4-5-17(15-26)21(27)25-12-10-24(11-13-25)20-7-3-2-6-19(20)23/h2-3,6-8,14,17H,4-5,9-13,15H2,1H3. The summed E-state index contributed by atoms with van der Waals surface area (Å²) in [6.07, 6.45) is 3.12. The molecule has 2 amide bonds. The van der Waals surface area contributed by atoms with Crippen LogP contribution in [0.5, 0.6) is 0 Å². The van der Waals surface area contributed by atoms with Gasteiger partial charge in [0, 0.05) is 39.3 Å². The number of rotatable bonds is 3. The smallest absolute Gasteiger partial charge is 0.257 e. The van der Waals surface area contributed by atoms with Crippen molar-refractivity contribution in [1.82, 2.24) is 9.80 Å². The second-order valence-corrected chi connectivity index (χ2v) is 7.74. The van der Waals surface area contributed by atoms with Gasteiger partial charge >= 0.3 is 0 Å². The average molecular weight is 399 g/mol. The fraction of sp³-hybridized carbons (Fsp3) is 0.455. The van der Waals surface area contributed by atoms with Crippen molar-refractivity contribution >= 4 is 17.5 Å². The van der Waals surface area contributed by atoms with Gasteiger partial charge < -0.3 is 19.1 Å². The molecule has 1 aromatic heterocycles. The van der Waals surface area contributed by atoms with Crippen LogP contribution < -0.4 is 4.90 Å². The summed E-state index contributed by atoms with van der Waals surface area (Å²) in [5, 5.41) is 0. The van der Waals surface area contributed by atoms with Crippen LogP contribution in [0.1, 0.15) is 29.0 Å². The van der Waals surface area contributed by atoms with Crippen LogP contribution in [0.2, 0.25) is 0 Å². The van der Waals surface area contributed by atoms with E-state index in [1.807, 2.05) is 15.9 Å². The Morgan fingerprint density at radius 1 is 1.03 bits per heavy atom. The Labute approximate surface area is 169 Å². The van der Waals surface area contributed by atoms with Crippen molar-refractivity contribution in [3.05, 3.63) is 53.7 Å². The van der Waals surface area contributed by atoms with Gasteiger partial charge in [0.05, 0.1) is 23.4 Å². The Balaban J connectivity index is 1.36. The lowest BCUT2D eigenvalue weighted by molar-refractivity contribution is -0.137. The van der Waals surface area contributed by atoms with Crippen LogP contribution in [-0.4, -0.2) is 60.9 Å². The minimum Gasteiger partial charge on any atom is -0.469 e. The molecule has 2 aliphatic heterocycles. The van der Waals surface area contributed by atoms with Gasteiger partial charge in [0.1, 0.15) is 11.6 Å². The number of hydrogen-bond donors (Lipinski definition) is 0. The van der Waals surface area contributed by atoms with Crippen molar-refractivity contribution < 1.29 is 18.4 Å². The highest BCUT2D eigenvalue weighted by Crippen LogP contribution is 2.24. The summed E-state index contributed by atoms with van der Waals surface area (Å²) in [6, 6.07) is 8.42. The quantitative estimate of drug-likeness (QED) is 0.796. The first-order valence-corrected chi connectivity index (χ1v) is 10.2. The summed E-state index contributed by atoms with van der Waals surface area (Å²) in [7, 11) is 0. The van der Waals surface area contributed by atoms with Gasteiger partial charge in [-0.05, 0) is 38.0 Å². The first-order chi connectivity index (χ1) is 14.0. The second-order valence-electron chi connectivity index (χ2n) is 7.74. The molecule has 3 heterocycles. The highest BCUT2D eigenvalue weighted by molar-refractivity contribution is 5.95. The van der Waals surface area contributed by atoms with E-state index in [1.165, 1.54) is 12.3 Å². The van der Waals surface area contributed by atoms with Crippen molar-refractivity contribution in [3.8, 4) is 0 Å². The third kappa shape index (κ3) is 3.99. The van der Waals surface area contributed by atoms with E-state index in [0.29, 0.717) is 56.3 Å². The number of amides is 2. The SMILES string of the molecule is Cc1occc1C(=O)N1CCCC(C(=O)N2CCN(c3ccccc3F)CC2)C1. The zero-order chi connectivity index (χ0) is 20.4. The summed E-state index contributed by atoms with van der Waals surface area (Å²) in [5.74, 6) is 0.216. The molecule has 29 heavy (non-hydrogen) atoms. The third-order valence-electron chi connectivity index (χ3n) is 5.93. The van der Waals surface area contributed by atoms with E-state index in [-0.39, 0.29) is 23.5 Å². The molecular formula is C22H26FN3O3. The van der Waals surface area contributed by atoms with Crippen LogP contribution in [-0.2, 0) is 4.79 Å². The molecule has 0 saturated carbocycles. The van der Waals surface area contributed by atoms with E-state index >= 15 is 0 Å². The van der Waals surface area contributed by atoms with Gasteiger partial charge in [0.15, 0.2) is 0 Å². The fourth-order valence-electron chi connectivity index (χ4n) is 4.27.